The summed E-state index contributed by atoms with van der Waals surface area (Å²) in [6.07, 6.45) is 10.3. The Kier molecular flexibility index (Phi) is 17.6. The highest BCUT2D eigenvalue weighted by Crippen LogP contribution is 2.25. The van der Waals surface area contributed by atoms with Crippen molar-refractivity contribution < 1.29 is 26.3 Å². The minimum atomic E-state index is -1.11. The van der Waals surface area contributed by atoms with Crippen LogP contribution in [0.2, 0.25) is 5.02 Å². The van der Waals surface area contributed by atoms with E-state index >= 15 is 0 Å². The summed E-state index contributed by atoms with van der Waals surface area (Å²) < 4.78 is 8.02. The third-order valence-electron chi connectivity index (χ3n) is 3.56. The Labute approximate surface area is 237 Å². The van der Waals surface area contributed by atoms with Crippen LogP contribution in [0.15, 0.2) is 42.5 Å². The molecule has 0 unspecified atom stereocenters. The Bertz CT molecular complexity index is 1500. The first-order valence-electron chi connectivity index (χ1n) is 9.69. The molecule has 0 fully saturated rings. The molecule has 0 saturated carbocycles. The minimum absolute atomic E-state index is 0. The second-order valence-corrected chi connectivity index (χ2v) is 6.43. The number of terminal acetylenes is 2. The quantitative estimate of drug-likeness (QED) is 0.267. The molecule has 8 nitrogen and oxygen atoms in total. The molecule has 10 heteroatoms. The summed E-state index contributed by atoms with van der Waals surface area (Å²) in [5.74, 6) is 29.1. The molecule has 0 spiro atoms. The highest BCUT2D eigenvalue weighted by molar-refractivity contribution is 6.31. The zero-order valence-electron chi connectivity index (χ0n) is 19.5. The van der Waals surface area contributed by atoms with E-state index in [1.165, 1.54) is 12.1 Å². The zero-order valence-corrected chi connectivity index (χ0v) is 21.0. The van der Waals surface area contributed by atoms with Gasteiger partial charge in [-0.15, -0.1) is 23.0 Å². The lowest BCUT2D eigenvalue weighted by molar-refractivity contribution is -0.714. The molecule has 0 aliphatic rings. The van der Waals surface area contributed by atoms with Crippen LogP contribution in [-0.2, 0) is 10.8 Å². The second-order valence-electron chi connectivity index (χ2n) is 5.89. The summed E-state index contributed by atoms with van der Waals surface area (Å²) in [4.78, 5) is 19.1. The highest BCUT2D eigenvalue weighted by Gasteiger charge is 2.10. The van der Waals surface area contributed by atoms with Crippen LogP contribution in [0.5, 0.6) is 5.75 Å². The van der Waals surface area contributed by atoms with Crippen LogP contribution >= 0.6 is 23.5 Å². The van der Waals surface area contributed by atoms with Gasteiger partial charge in [-0.05, 0) is 107 Å². The Morgan fingerprint density at radius 2 is 1.29 bits per heavy atom. The van der Waals surface area contributed by atoms with Gasteiger partial charge in [-0.25, -0.2) is 0 Å². The van der Waals surface area contributed by atoms with Crippen molar-refractivity contribution in [3.8, 4) is 89.6 Å². The van der Waals surface area contributed by atoms with Gasteiger partial charge in [0.05, 0.1) is 12.0 Å². The highest BCUT2D eigenvalue weighted by atomic mass is 35.5. The van der Waals surface area contributed by atoms with Crippen molar-refractivity contribution in [3.05, 3.63) is 78.8 Å². The van der Waals surface area contributed by atoms with Gasteiger partial charge in [0.2, 0.25) is 0 Å². The summed E-state index contributed by atoms with van der Waals surface area (Å²) in [7, 11) is 1.60. The average Bonchev–Trinajstić information content (AvgIpc) is 2.92. The van der Waals surface area contributed by atoms with Gasteiger partial charge in [0, 0.05) is 24.3 Å². The van der Waals surface area contributed by atoms with Crippen LogP contribution in [0.1, 0.15) is 18.3 Å². The monoisotopic (exact) mass is 554 g/mol. The van der Waals surface area contributed by atoms with Crippen molar-refractivity contribution in [2.24, 2.45) is 0 Å². The van der Waals surface area contributed by atoms with Crippen LogP contribution in [0.4, 0.5) is 5.69 Å². The van der Waals surface area contributed by atoms with Crippen LogP contribution in [0.3, 0.4) is 0 Å². The third kappa shape index (κ3) is 16.0. The fourth-order valence-corrected chi connectivity index (χ4v) is 2.28. The lowest BCUT2D eigenvalue weighted by atomic mass is 10.0. The van der Waals surface area contributed by atoms with Gasteiger partial charge in [-0.2, -0.15) is 4.39 Å². The van der Waals surface area contributed by atoms with Crippen molar-refractivity contribution in [3.63, 3.8) is 0 Å². The first-order chi connectivity index (χ1) is 18.3. The molecule has 0 aliphatic carbocycles. The van der Waals surface area contributed by atoms with Crippen LogP contribution in [0.25, 0.3) is 0 Å². The Morgan fingerprint density at radius 3 is 1.66 bits per heavy atom. The van der Waals surface area contributed by atoms with Gasteiger partial charge in [-0.3, -0.25) is 10.1 Å². The zero-order chi connectivity index (χ0) is 28.6. The number of benzene rings is 2. The van der Waals surface area contributed by atoms with Crippen molar-refractivity contribution in [1.29, 1.82) is 0 Å². The topological polar surface area (TPSA) is 105 Å². The molecule has 0 bridgehead atoms. The molecule has 0 N–H and O–H groups in total. The molecule has 196 valence electrons. The van der Waals surface area contributed by atoms with Gasteiger partial charge in [0.1, 0.15) is 17.6 Å². The number of methoxy groups -OCH3 is 1. The summed E-state index contributed by atoms with van der Waals surface area (Å²) in [6, 6.07) is 12.0. The molecular weight excluding hydrogens is 531 g/mol. The Morgan fingerprint density at radius 1 is 0.842 bits per heavy atom. The lowest BCUT2D eigenvalue weighted by Gasteiger charge is -2.06. The molecule has 38 heavy (non-hydrogen) atoms. The fourth-order valence-electron chi connectivity index (χ4n) is 2.10. The normalized spacial score (nSPS) is 7.29. The first kappa shape index (κ1) is 32.3. The standard InChI is InChI=1S/C14H12ClNO3.C14H2.ClNO3.5H2/c1-19-13-5-2-10(3-6-13)8-11-9-12(16(17)18)4-7-14(11)15;1-3-5-7-9-11-13-14-12-10-8-6-4-2;1-5-2(3)4;;;;;/h2-7,9H,8H2,1H3;1-2H;;5*1H. The summed E-state index contributed by atoms with van der Waals surface area (Å²) in [5.41, 5.74) is 1.80. The van der Waals surface area contributed by atoms with E-state index in [1.807, 2.05) is 24.3 Å². The maximum atomic E-state index is 10.7. The van der Waals surface area contributed by atoms with E-state index in [4.69, 9.17) is 39.3 Å². The molecule has 2 aromatic carbocycles. The molecule has 2 rings (SSSR count). The van der Waals surface area contributed by atoms with Gasteiger partial charge in [-0.1, -0.05) is 23.7 Å². The molecule has 0 aromatic heterocycles. The summed E-state index contributed by atoms with van der Waals surface area (Å²) in [6.45, 7) is 0. The first-order valence-corrected chi connectivity index (χ1v) is 10.4. The molecular formula is C28H24Cl2N2O6. The van der Waals surface area contributed by atoms with Gasteiger partial charge >= 0.3 is 5.09 Å². The van der Waals surface area contributed by atoms with Gasteiger partial charge < -0.3 is 4.74 Å². The SMILES string of the molecule is C#CC#CC#CC#CC#CC#CC#C.COc1ccc(Cc2cc([N+](=O)[O-])ccc2Cl)cc1.O=[N+]([O-])OCl.[HH].[HH].[HH].[HH].[HH]. The molecule has 0 heterocycles. The number of ether oxygens (including phenoxy) is 1. The van der Waals surface area contributed by atoms with Crippen LogP contribution in [-0.4, -0.2) is 17.1 Å². The van der Waals surface area contributed by atoms with E-state index in [0.717, 1.165) is 16.9 Å². The van der Waals surface area contributed by atoms with Crippen molar-refractivity contribution >= 4 is 29.2 Å². The van der Waals surface area contributed by atoms with E-state index < -0.39 is 10.0 Å². The average molecular weight is 555 g/mol. The number of non-ortho nitro benzene ring substituents is 1. The molecule has 0 atom stereocenters. The minimum Gasteiger partial charge on any atom is -0.497 e. The third-order valence-corrected chi connectivity index (χ3v) is 4.04. The fraction of sp³-hybridized carbons (Fsp3) is 0.0714. The Hall–Kier alpha value is -5.66. The molecule has 0 saturated heterocycles. The van der Waals surface area contributed by atoms with Gasteiger partial charge in [0.25, 0.3) is 5.69 Å². The van der Waals surface area contributed by atoms with Crippen molar-refractivity contribution in [2.75, 3.05) is 7.11 Å². The summed E-state index contributed by atoms with van der Waals surface area (Å²) in [5, 5.41) is 19.0. The number of hydrogen-bond donors (Lipinski definition) is 0. The molecule has 0 aliphatic heterocycles. The Balaban J connectivity index is -0.000000128. The molecule has 0 radical (unpaired) electrons. The molecule has 0 amide bonds. The second kappa shape index (κ2) is 20.7. The van der Waals surface area contributed by atoms with E-state index in [-0.39, 0.29) is 12.8 Å². The number of rotatable bonds is 5. The van der Waals surface area contributed by atoms with Crippen LogP contribution in [0, 0.1) is 104 Å². The predicted molar refractivity (Wildman–Crippen MR) is 155 cm³/mol. The van der Waals surface area contributed by atoms with Crippen molar-refractivity contribution in [1.82, 2.24) is 0 Å². The van der Waals surface area contributed by atoms with Crippen molar-refractivity contribution in [2.45, 2.75) is 6.42 Å². The maximum Gasteiger partial charge on any atom is 0.311 e. The van der Waals surface area contributed by atoms with Gasteiger partial charge in [0.15, 0.2) is 0 Å². The summed E-state index contributed by atoms with van der Waals surface area (Å²) >= 11 is 10.2. The van der Waals surface area contributed by atoms with E-state index in [2.05, 4.69) is 87.3 Å². The number of nitrogens with zero attached hydrogens (tertiary/aromatic N) is 2. The number of nitro groups is 1. The largest absolute Gasteiger partial charge is 0.497 e. The number of nitro benzene ring substituents is 1. The molecule has 2 aromatic rings. The number of halogens is 2. The van der Waals surface area contributed by atoms with E-state index in [1.54, 1.807) is 13.2 Å². The maximum absolute atomic E-state index is 10.7. The van der Waals surface area contributed by atoms with E-state index in [0.29, 0.717) is 11.4 Å². The predicted octanol–water partition coefficient (Wildman–Crippen LogP) is 5.70. The number of hydrogen-bond acceptors (Lipinski definition) is 6. The lowest BCUT2D eigenvalue weighted by Crippen LogP contribution is -1.93. The van der Waals surface area contributed by atoms with Crippen LogP contribution < -0.4 is 4.74 Å². The smallest absolute Gasteiger partial charge is 0.311 e. The van der Waals surface area contributed by atoms with E-state index in [9.17, 15) is 10.1 Å².